The van der Waals surface area contributed by atoms with E-state index >= 15 is 0 Å². The number of hydrogen-bond donors (Lipinski definition) is 1. The van der Waals surface area contributed by atoms with Crippen LogP contribution in [0, 0.1) is 12.8 Å². The molecule has 3 rings (SSSR count). The maximum absolute atomic E-state index is 12.4. The Bertz CT molecular complexity index is 1090. The number of hydrogen-bond acceptors (Lipinski definition) is 7. The summed E-state index contributed by atoms with van der Waals surface area (Å²) in [5.74, 6) is 0.439. The molecule has 174 valence electrons. The van der Waals surface area contributed by atoms with Gasteiger partial charge in [-0.25, -0.2) is 4.79 Å². The summed E-state index contributed by atoms with van der Waals surface area (Å²) in [5, 5.41) is 6.47. The van der Waals surface area contributed by atoms with E-state index in [1.807, 2.05) is 31.2 Å². The van der Waals surface area contributed by atoms with Gasteiger partial charge in [-0.3, -0.25) is 10.1 Å². The molecule has 3 aromatic rings. The zero-order valence-corrected chi connectivity index (χ0v) is 19.2. The zero-order valence-electron chi connectivity index (χ0n) is 19.2. The highest BCUT2D eigenvalue weighted by Crippen LogP contribution is 2.29. The van der Waals surface area contributed by atoms with Crippen molar-refractivity contribution in [2.24, 2.45) is 5.92 Å². The van der Waals surface area contributed by atoms with E-state index in [2.05, 4.69) is 24.3 Å². The van der Waals surface area contributed by atoms with E-state index in [-0.39, 0.29) is 11.4 Å². The summed E-state index contributed by atoms with van der Waals surface area (Å²) in [5.41, 5.74) is 2.83. The standard InChI is InChI=1S/C25H28N2O6/c1-16(2)11-12-31-21-10-9-19(13-22(21)30-4)25(29)32-15-23(28)26-24-14-20(27-33-24)18-7-5-17(3)6-8-18/h5-10,13-14,16H,11-12,15H2,1-4H3,(H,26,28). The minimum atomic E-state index is -0.657. The van der Waals surface area contributed by atoms with Gasteiger partial charge in [0.1, 0.15) is 5.69 Å². The monoisotopic (exact) mass is 452 g/mol. The Morgan fingerprint density at radius 1 is 1.06 bits per heavy atom. The van der Waals surface area contributed by atoms with E-state index in [9.17, 15) is 9.59 Å². The van der Waals surface area contributed by atoms with Crippen LogP contribution in [0.1, 0.15) is 36.2 Å². The number of rotatable bonds is 10. The van der Waals surface area contributed by atoms with Gasteiger partial charge in [-0.2, -0.15) is 0 Å². The number of amides is 1. The number of ether oxygens (including phenoxy) is 3. The smallest absolute Gasteiger partial charge is 0.338 e. The molecule has 1 heterocycles. The van der Waals surface area contributed by atoms with Crippen LogP contribution in [0.25, 0.3) is 11.3 Å². The maximum atomic E-state index is 12.4. The van der Waals surface area contributed by atoms with Crippen molar-refractivity contribution in [1.29, 1.82) is 0 Å². The molecule has 0 aliphatic carbocycles. The molecule has 0 radical (unpaired) electrons. The summed E-state index contributed by atoms with van der Waals surface area (Å²) in [6.07, 6.45) is 0.903. The van der Waals surface area contributed by atoms with Gasteiger partial charge >= 0.3 is 5.97 Å². The van der Waals surface area contributed by atoms with E-state index in [0.717, 1.165) is 17.5 Å². The third kappa shape index (κ3) is 6.83. The Labute approximate surface area is 192 Å². The lowest BCUT2D eigenvalue weighted by Crippen LogP contribution is -2.20. The molecule has 0 bridgehead atoms. The molecule has 0 spiro atoms. The summed E-state index contributed by atoms with van der Waals surface area (Å²) >= 11 is 0. The fraction of sp³-hybridized carbons (Fsp3) is 0.320. The number of esters is 1. The molecule has 33 heavy (non-hydrogen) atoms. The van der Waals surface area contributed by atoms with Crippen LogP contribution >= 0.6 is 0 Å². The Hall–Kier alpha value is -3.81. The summed E-state index contributed by atoms with van der Waals surface area (Å²) < 4.78 is 21.3. The third-order valence-electron chi connectivity index (χ3n) is 4.81. The molecular formula is C25H28N2O6. The van der Waals surface area contributed by atoms with Gasteiger partial charge in [-0.05, 0) is 37.5 Å². The highest BCUT2D eigenvalue weighted by atomic mass is 16.5. The topological polar surface area (TPSA) is 99.9 Å². The molecule has 0 aliphatic heterocycles. The minimum Gasteiger partial charge on any atom is -0.493 e. The van der Waals surface area contributed by atoms with Gasteiger partial charge in [0.05, 0.1) is 19.3 Å². The number of nitrogens with zero attached hydrogens (tertiary/aromatic N) is 1. The van der Waals surface area contributed by atoms with Crippen molar-refractivity contribution in [3.05, 3.63) is 59.7 Å². The van der Waals surface area contributed by atoms with E-state index in [0.29, 0.717) is 29.7 Å². The van der Waals surface area contributed by atoms with Gasteiger partial charge in [0.25, 0.3) is 5.91 Å². The second kappa shape index (κ2) is 11.2. The summed E-state index contributed by atoms with van der Waals surface area (Å²) in [4.78, 5) is 24.5. The van der Waals surface area contributed by atoms with Crippen LogP contribution in [0.5, 0.6) is 11.5 Å². The van der Waals surface area contributed by atoms with E-state index in [4.69, 9.17) is 18.7 Å². The fourth-order valence-corrected chi connectivity index (χ4v) is 2.90. The molecule has 0 saturated heterocycles. The summed E-state index contributed by atoms with van der Waals surface area (Å²) in [6.45, 7) is 6.29. The Morgan fingerprint density at radius 2 is 1.82 bits per heavy atom. The molecule has 0 atom stereocenters. The summed E-state index contributed by atoms with van der Waals surface area (Å²) in [7, 11) is 1.50. The molecule has 1 aromatic heterocycles. The van der Waals surface area contributed by atoms with Gasteiger partial charge in [0.15, 0.2) is 18.1 Å². The second-order valence-corrected chi connectivity index (χ2v) is 7.96. The number of nitrogens with one attached hydrogen (secondary N) is 1. The van der Waals surface area contributed by atoms with Crippen molar-refractivity contribution in [3.63, 3.8) is 0 Å². The highest BCUT2D eigenvalue weighted by molar-refractivity contribution is 5.95. The van der Waals surface area contributed by atoms with Gasteiger partial charge < -0.3 is 18.7 Å². The van der Waals surface area contributed by atoms with Crippen LogP contribution in [0.3, 0.4) is 0 Å². The molecule has 1 amide bonds. The largest absolute Gasteiger partial charge is 0.493 e. The van der Waals surface area contributed by atoms with E-state index < -0.39 is 18.5 Å². The lowest BCUT2D eigenvalue weighted by molar-refractivity contribution is -0.119. The molecule has 0 fully saturated rings. The summed E-state index contributed by atoms with van der Waals surface area (Å²) in [6, 6.07) is 14.1. The fourth-order valence-electron chi connectivity index (χ4n) is 2.90. The first-order valence-electron chi connectivity index (χ1n) is 10.7. The molecule has 1 N–H and O–H groups in total. The van der Waals surface area contributed by atoms with Crippen molar-refractivity contribution < 1.29 is 28.3 Å². The molecule has 0 aliphatic rings. The lowest BCUT2D eigenvalue weighted by Gasteiger charge is -2.13. The molecule has 2 aromatic carbocycles. The molecule has 0 unspecified atom stereocenters. The molecule has 8 nitrogen and oxygen atoms in total. The first-order chi connectivity index (χ1) is 15.9. The first kappa shape index (κ1) is 23.8. The van der Waals surface area contributed by atoms with E-state index in [1.54, 1.807) is 18.2 Å². The number of benzene rings is 2. The van der Waals surface area contributed by atoms with Gasteiger partial charge in [-0.1, -0.05) is 48.8 Å². The molecule has 0 saturated carbocycles. The van der Waals surface area contributed by atoms with Gasteiger partial charge in [-0.15, -0.1) is 0 Å². The predicted octanol–water partition coefficient (Wildman–Crippen LogP) is 4.88. The van der Waals surface area contributed by atoms with Crippen molar-refractivity contribution in [3.8, 4) is 22.8 Å². The number of aromatic nitrogens is 1. The highest BCUT2D eigenvalue weighted by Gasteiger charge is 2.15. The zero-order chi connectivity index (χ0) is 23.8. The number of carbonyl (C=O) groups excluding carboxylic acids is 2. The quantitative estimate of drug-likeness (QED) is 0.438. The normalized spacial score (nSPS) is 10.7. The first-order valence-corrected chi connectivity index (χ1v) is 10.7. The Balaban J connectivity index is 1.53. The number of anilines is 1. The van der Waals surface area contributed by atoms with Crippen molar-refractivity contribution in [2.75, 3.05) is 25.6 Å². The van der Waals surface area contributed by atoms with E-state index in [1.165, 1.54) is 13.2 Å². The Kier molecular flexibility index (Phi) is 8.07. The van der Waals surface area contributed by atoms with Crippen LogP contribution in [0.4, 0.5) is 5.88 Å². The number of aryl methyl sites for hydroxylation is 1. The predicted molar refractivity (Wildman–Crippen MR) is 124 cm³/mol. The minimum absolute atomic E-state index is 0.163. The van der Waals surface area contributed by atoms with Gasteiger partial charge in [0, 0.05) is 11.6 Å². The lowest BCUT2D eigenvalue weighted by atomic mass is 10.1. The number of carbonyl (C=O) groups is 2. The second-order valence-electron chi connectivity index (χ2n) is 7.96. The van der Waals surface area contributed by atoms with Crippen molar-refractivity contribution >= 4 is 17.8 Å². The van der Waals surface area contributed by atoms with Crippen LogP contribution in [0.2, 0.25) is 0 Å². The van der Waals surface area contributed by atoms with Crippen molar-refractivity contribution in [1.82, 2.24) is 5.16 Å². The average Bonchev–Trinajstić information content (AvgIpc) is 3.26. The Morgan fingerprint density at radius 3 is 2.52 bits per heavy atom. The molecule has 8 heteroatoms. The van der Waals surface area contributed by atoms with Crippen molar-refractivity contribution in [2.45, 2.75) is 27.2 Å². The van der Waals surface area contributed by atoms with Crippen LogP contribution in [0.15, 0.2) is 53.1 Å². The maximum Gasteiger partial charge on any atom is 0.338 e. The van der Waals surface area contributed by atoms with Crippen LogP contribution in [-0.2, 0) is 9.53 Å². The van der Waals surface area contributed by atoms with Crippen LogP contribution < -0.4 is 14.8 Å². The number of methoxy groups -OCH3 is 1. The average molecular weight is 453 g/mol. The van der Waals surface area contributed by atoms with Gasteiger partial charge in [0.2, 0.25) is 5.88 Å². The SMILES string of the molecule is COc1cc(C(=O)OCC(=O)Nc2cc(-c3ccc(C)cc3)no2)ccc1OCCC(C)C. The molecular weight excluding hydrogens is 424 g/mol. The van der Waals surface area contributed by atoms with Crippen LogP contribution in [-0.4, -0.2) is 37.4 Å². The third-order valence-corrected chi connectivity index (χ3v) is 4.81.